The average molecular weight is 367 g/mol. The van der Waals surface area contributed by atoms with Gasteiger partial charge in [0, 0.05) is 5.56 Å². The maximum Gasteiger partial charge on any atom is 0.325 e. The number of ether oxygens (including phenoxy) is 1. The number of benzene rings is 2. The van der Waals surface area contributed by atoms with Gasteiger partial charge in [-0.05, 0) is 42.3 Å². The molecule has 6 nitrogen and oxygen atoms in total. The zero-order chi connectivity index (χ0) is 19.6. The standard InChI is InChI=1S/C20H18FN3O3/c1-3-20(15-5-7-16(27-2)8-6-15)18(25)24(19(26)23-20)12-14-10-13(11-22)4-9-17(14)21/h4-10H,3,12H2,1-2H3,(H,23,26)/t20-/m0/s1. The average Bonchev–Trinajstić information content (AvgIpc) is 2.94. The predicted octanol–water partition coefficient (Wildman–Crippen LogP) is 3.06. The number of urea groups is 1. The van der Waals surface area contributed by atoms with Gasteiger partial charge in [0.25, 0.3) is 5.91 Å². The molecular weight excluding hydrogens is 349 g/mol. The Morgan fingerprint density at radius 3 is 2.52 bits per heavy atom. The van der Waals surface area contributed by atoms with E-state index < -0.39 is 23.3 Å². The van der Waals surface area contributed by atoms with E-state index in [1.165, 1.54) is 12.1 Å². The molecule has 0 aliphatic carbocycles. The van der Waals surface area contributed by atoms with Crippen molar-refractivity contribution in [2.45, 2.75) is 25.4 Å². The van der Waals surface area contributed by atoms with E-state index in [1.54, 1.807) is 38.3 Å². The zero-order valence-electron chi connectivity index (χ0n) is 15.0. The van der Waals surface area contributed by atoms with E-state index in [0.717, 1.165) is 11.0 Å². The van der Waals surface area contributed by atoms with Crippen molar-refractivity contribution in [3.05, 3.63) is 65.0 Å². The Hall–Kier alpha value is -3.40. The van der Waals surface area contributed by atoms with Crippen molar-refractivity contribution in [2.24, 2.45) is 0 Å². The number of amides is 3. The third kappa shape index (κ3) is 3.10. The van der Waals surface area contributed by atoms with E-state index in [4.69, 9.17) is 10.00 Å². The Morgan fingerprint density at radius 1 is 1.22 bits per heavy atom. The molecule has 138 valence electrons. The first-order valence-corrected chi connectivity index (χ1v) is 8.42. The lowest BCUT2D eigenvalue weighted by molar-refractivity contribution is -0.132. The van der Waals surface area contributed by atoms with Crippen LogP contribution >= 0.6 is 0 Å². The van der Waals surface area contributed by atoms with Gasteiger partial charge in [-0.25, -0.2) is 9.18 Å². The van der Waals surface area contributed by atoms with Crippen molar-refractivity contribution in [3.8, 4) is 11.8 Å². The number of nitrogens with one attached hydrogen (secondary N) is 1. The monoisotopic (exact) mass is 367 g/mol. The summed E-state index contributed by atoms with van der Waals surface area (Å²) in [6, 6.07) is 12.0. The van der Waals surface area contributed by atoms with Gasteiger partial charge in [0.1, 0.15) is 17.1 Å². The van der Waals surface area contributed by atoms with Crippen LogP contribution in [0.2, 0.25) is 0 Å². The lowest BCUT2D eigenvalue weighted by Crippen LogP contribution is -2.43. The largest absolute Gasteiger partial charge is 0.497 e. The Bertz CT molecular complexity index is 936. The SMILES string of the molecule is CC[C@@]1(c2ccc(OC)cc2)NC(=O)N(Cc2cc(C#N)ccc2F)C1=O. The quantitative estimate of drug-likeness (QED) is 0.824. The summed E-state index contributed by atoms with van der Waals surface area (Å²) in [5.41, 5.74) is -0.223. The summed E-state index contributed by atoms with van der Waals surface area (Å²) in [6.45, 7) is 1.55. The number of hydrogen-bond donors (Lipinski definition) is 1. The summed E-state index contributed by atoms with van der Waals surface area (Å²) >= 11 is 0. The smallest absolute Gasteiger partial charge is 0.325 e. The second-order valence-corrected chi connectivity index (χ2v) is 6.23. The first-order valence-electron chi connectivity index (χ1n) is 8.42. The van der Waals surface area contributed by atoms with Crippen molar-refractivity contribution in [1.82, 2.24) is 10.2 Å². The first-order chi connectivity index (χ1) is 12.9. The number of rotatable bonds is 5. The van der Waals surface area contributed by atoms with Crippen molar-refractivity contribution < 1.29 is 18.7 Å². The maximum absolute atomic E-state index is 14.1. The molecule has 7 heteroatoms. The van der Waals surface area contributed by atoms with Crippen molar-refractivity contribution in [1.29, 1.82) is 5.26 Å². The number of nitrogens with zero attached hydrogens (tertiary/aromatic N) is 2. The molecule has 0 saturated carbocycles. The molecule has 2 aromatic rings. The molecule has 1 saturated heterocycles. The highest BCUT2D eigenvalue weighted by atomic mass is 19.1. The summed E-state index contributed by atoms with van der Waals surface area (Å²) in [4.78, 5) is 26.6. The Kier molecular flexibility index (Phi) is 4.82. The molecule has 3 rings (SSSR count). The van der Waals surface area contributed by atoms with Crippen LogP contribution in [0.3, 0.4) is 0 Å². The minimum atomic E-state index is -1.22. The highest BCUT2D eigenvalue weighted by Crippen LogP contribution is 2.34. The van der Waals surface area contributed by atoms with Gasteiger partial charge in [0.15, 0.2) is 0 Å². The highest BCUT2D eigenvalue weighted by molar-refractivity contribution is 6.07. The normalized spacial score (nSPS) is 19.0. The van der Waals surface area contributed by atoms with Crippen LogP contribution in [0.4, 0.5) is 9.18 Å². The number of hydrogen-bond acceptors (Lipinski definition) is 4. The van der Waals surface area contributed by atoms with Gasteiger partial charge in [-0.15, -0.1) is 0 Å². The summed E-state index contributed by atoms with van der Waals surface area (Å²) < 4.78 is 19.2. The fourth-order valence-corrected chi connectivity index (χ4v) is 3.22. The number of imide groups is 1. The summed E-state index contributed by atoms with van der Waals surface area (Å²) in [6.07, 6.45) is 0.334. The van der Waals surface area contributed by atoms with E-state index in [9.17, 15) is 14.0 Å². The van der Waals surface area contributed by atoms with Crippen LogP contribution in [0.25, 0.3) is 0 Å². The first kappa shape index (κ1) is 18.4. The molecule has 3 amide bonds. The molecule has 0 spiro atoms. The van der Waals surface area contributed by atoms with Gasteiger partial charge in [0.2, 0.25) is 0 Å². The Morgan fingerprint density at radius 2 is 1.93 bits per heavy atom. The van der Waals surface area contributed by atoms with Crippen molar-refractivity contribution in [2.75, 3.05) is 7.11 Å². The Labute approximate surface area is 156 Å². The van der Waals surface area contributed by atoms with Crippen LogP contribution in [0.15, 0.2) is 42.5 Å². The molecule has 1 aliphatic heterocycles. The van der Waals surface area contributed by atoms with Gasteiger partial charge in [0.05, 0.1) is 25.3 Å². The maximum atomic E-state index is 14.1. The highest BCUT2D eigenvalue weighted by Gasteiger charge is 2.51. The number of nitriles is 1. The zero-order valence-corrected chi connectivity index (χ0v) is 15.0. The molecular formula is C20H18FN3O3. The molecule has 1 heterocycles. The van der Waals surface area contributed by atoms with E-state index in [-0.39, 0.29) is 17.7 Å². The second-order valence-electron chi connectivity index (χ2n) is 6.23. The van der Waals surface area contributed by atoms with Crippen LogP contribution in [0, 0.1) is 17.1 Å². The van der Waals surface area contributed by atoms with Crippen molar-refractivity contribution in [3.63, 3.8) is 0 Å². The lowest BCUT2D eigenvalue weighted by Gasteiger charge is -2.26. The van der Waals surface area contributed by atoms with Crippen LogP contribution < -0.4 is 10.1 Å². The number of carbonyl (C=O) groups excluding carboxylic acids is 2. The van der Waals surface area contributed by atoms with E-state index in [0.29, 0.717) is 17.7 Å². The van der Waals surface area contributed by atoms with Gasteiger partial charge in [-0.2, -0.15) is 5.26 Å². The van der Waals surface area contributed by atoms with E-state index in [2.05, 4.69) is 5.32 Å². The topological polar surface area (TPSA) is 82.4 Å². The van der Waals surface area contributed by atoms with Crippen LogP contribution in [0.5, 0.6) is 5.75 Å². The minimum absolute atomic E-state index is 0.110. The van der Waals surface area contributed by atoms with E-state index >= 15 is 0 Å². The summed E-state index contributed by atoms with van der Waals surface area (Å²) in [5, 5.41) is 11.7. The molecule has 1 fully saturated rings. The van der Waals surface area contributed by atoms with Gasteiger partial charge >= 0.3 is 6.03 Å². The molecule has 0 unspecified atom stereocenters. The minimum Gasteiger partial charge on any atom is -0.497 e. The predicted molar refractivity (Wildman–Crippen MR) is 95.2 cm³/mol. The third-order valence-corrected chi connectivity index (χ3v) is 4.79. The van der Waals surface area contributed by atoms with Crippen LogP contribution in [-0.2, 0) is 16.9 Å². The molecule has 1 aliphatic rings. The number of halogens is 1. The lowest BCUT2D eigenvalue weighted by atomic mass is 9.87. The summed E-state index contributed by atoms with van der Waals surface area (Å²) in [5.74, 6) is -0.399. The fraction of sp³-hybridized carbons (Fsp3) is 0.250. The molecule has 1 N–H and O–H groups in total. The molecule has 1 atom stereocenters. The van der Waals surface area contributed by atoms with Crippen LogP contribution in [-0.4, -0.2) is 23.9 Å². The molecule has 0 radical (unpaired) electrons. The van der Waals surface area contributed by atoms with Gasteiger partial charge in [-0.1, -0.05) is 19.1 Å². The number of methoxy groups -OCH3 is 1. The molecule has 0 bridgehead atoms. The molecule has 27 heavy (non-hydrogen) atoms. The second kappa shape index (κ2) is 7.08. The fourth-order valence-electron chi connectivity index (χ4n) is 3.22. The van der Waals surface area contributed by atoms with E-state index in [1.807, 2.05) is 6.07 Å². The Balaban J connectivity index is 1.94. The third-order valence-electron chi connectivity index (χ3n) is 4.79. The van der Waals surface area contributed by atoms with Crippen LogP contribution in [0.1, 0.15) is 30.0 Å². The summed E-state index contributed by atoms with van der Waals surface area (Å²) in [7, 11) is 1.54. The number of carbonyl (C=O) groups is 2. The molecule has 0 aromatic heterocycles. The van der Waals surface area contributed by atoms with Gasteiger partial charge in [-0.3, -0.25) is 9.69 Å². The van der Waals surface area contributed by atoms with Gasteiger partial charge < -0.3 is 10.1 Å². The van der Waals surface area contributed by atoms with Crippen molar-refractivity contribution >= 4 is 11.9 Å². The molecule has 2 aromatic carbocycles.